The van der Waals surface area contributed by atoms with Gasteiger partial charge in [-0.15, -0.1) is 0 Å². The third kappa shape index (κ3) is 4.57. The number of non-ortho nitro benzene ring substituents is 1. The molecule has 1 N–H and O–H groups in total. The molecule has 1 unspecified atom stereocenters. The minimum Gasteiger partial charge on any atom is -0.324 e. The number of hydrogen-bond donors (Lipinski definition) is 1. The molecule has 6 nitrogen and oxygen atoms in total. The van der Waals surface area contributed by atoms with Crippen LogP contribution in [0.25, 0.3) is 0 Å². The fraction of sp³-hybridized carbons (Fsp3) is 0.143. The molecule has 2 rings (SSSR count). The minimum absolute atomic E-state index is 0.0978. The van der Waals surface area contributed by atoms with E-state index in [0.717, 1.165) is 0 Å². The number of pyridine rings is 1. The third-order valence-corrected chi connectivity index (χ3v) is 4.65. The van der Waals surface area contributed by atoms with Crippen molar-refractivity contribution in [1.29, 1.82) is 0 Å². The number of benzene rings is 1. The molecule has 2 aromatic rings. The summed E-state index contributed by atoms with van der Waals surface area (Å²) in [6.07, 6.45) is 1.59. The summed E-state index contributed by atoms with van der Waals surface area (Å²) < 4.78 is 0. The van der Waals surface area contributed by atoms with Gasteiger partial charge in [0.05, 0.1) is 25.9 Å². The predicted octanol–water partition coefficient (Wildman–Crippen LogP) is 4.42. The zero-order valence-corrected chi connectivity index (χ0v) is 14.2. The summed E-state index contributed by atoms with van der Waals surface area (Å²) in [4.78, 5) is 26.4. The SMILES string of the molecule is CC(Sc1ncccc1Cl)C(=O)Nc1ccc([N+](=O)[O-])cc1Cl. The number of hydrogen-bond acceptors (Lipinski definition) is 5. The Hall–Kier alpha value is -1.83. The van der Waals surface area contributed by atoms with Crippen LogP contribution in [0.5, 0.6) is 0 Å². The fourth-order valence-electron chi connectivity index (χ4n) is 1.63. The first kappa shape index (κ1) is 17.5. The molecule has 0 saturated heterocycles. The molecule has 0 aliphatic rings. The van der Waals surface area contributed by atoms with Crippen molar-refractivity contribution in [2.75, 3.05) is 5.32 Å². The Labute approximate surface area is 146 Å². The summed E-state index contributed by atoms with van der Waals surface area (Å²) in [5.74, 6) is -0.313. The first-order chi connectivity index (χ1) is 10.9. The van der Waals surface area contributed by atoms with E-state index in [-0.39, 0.29) is 16.6 Å². The van der Waals surface area contributed by atoms with Crippen molar-refractivity contribution in [2.45, 2.75) is 17.2 Å². The van der Waals surface area contributed by atoms with Gasteiger partial charge in [-0.05, 0) is 25.1 Å². The third-order valence-electron chi connectivity index (χ3n) is 2.80. The molecule has 0 aliphatic heterocycles. The molecule has 1 aromatic heterocycles. The summed E-state index contributed by atoms with van der Waals surface area (Å²) in [6, 6.07) is 7.24. The van der Waals surface area contributed by atoms with Gasteiger partial charge in [-0.25, -0.2) is 4.98 Å². The Kier molecular flexibility index (Phi) is 5.81. The second kappa shape index (κ2) is 7.63. The van der Waals surface area contributed by atoms with Crippen LogP contribution < -0.4 is 5.32 Å². The Bertz CT molecular complexity index is 758. The van der Waals surface area contributed by atoms with Crippen LogP contribution in [-0.2, 0) is 4.79 Å². The fourth-order valence-corrected chi connectivity index (χ4v) is 2.91. The number of thioether (sulfide) groups is 1. The second-order valence-corrected chi connectivity index (χ2v) is 6.60. The molecule has 0 radical (unpaired) electrons. The number of rotatable bonds is 5. The molecule has 0 fully saturated rings. The van der Waals surface area contributed by atoms with Gasteiger partial charge in [0.1, 0.15) is 5.03 Å². The maximum Gasteiger partial charge on any atom is 0.271 e. The van der Waals surface area contributed by atoms with Crippen molar-refractivity contribution in [2.24, 2.45) is 0 Å². The molecule has 0 spiro atoms. The lowest BCUT2D eigenvalue weighted by Gasteiger charge is -2.13. The summed E-state index contributed by atoms with van der Waals surface area (Å²) in [6.45, 7) is 1.70. The maximum atomic E-state index is 12.2. The van der Waals surface area contributed by atoms with E-state index in [1.165, 1.54) is 30.0 Å². The number of aromatic nitrogens is 1. The molecular weight excluding hydrogens is 361 g/mol. The normalized spacial score (nSPS) is 11.8. The van der Waals surface area contributed by atoms with Crippen LogP contribution in [0.2, 0.25) is 10.0 Å². The summed E-state index contributed by atoms with van der Waals surface area (Å²) in [5, 5.41) is 13.9. The molecule has 23 heavy (non-hydrogen) atoms. The Balaban J connectivity index is 2.07. The molecule has 120 valence electrons. The molecule has 0 aliphatic carbocycles. The maximum absolute atomic E-state index is 12.2. The van der Waals surface area contributed by atoms with Gasteiger partial charge in [0.25, 0.3) is 5.69 Å². The highest BCUT2D eigenvalue weighted by Crippen LogP contribution is 2.30. The quantitative estimate of drug-likeness (QED) is 0.477. The van der Waals surface area contributed by atoms with Gasteiger partial charge in [-0.1, -0.05) is 35.0 Å². The van der Waals surface area contributed by atoms with Gasteiger partial charge in [0.2, 0.25) is 5.91 Å². The van der Waals surface area contributed by atoms with Crippen molar-refractivity contribution in [3.63, 3.8) is 0 Å². The van der Waals surface area contributed by atoms with Crippen molar-refractivity contribution < 1.29 is 9.72 Å². The van der Waals surface area contributed by atoms with Crippen LogP contribution in [0.15, 0.2) is 41.6 Å². The molecule has 0 saturated carbocycles. The van der Waals surface area contributed by atoms with E-state index in [1.807, 2.05) is 0 Å². The number of nitrogens with zero attached hydrogens (tertiary/aromatic N) is 2. The number of carbonyl (C=O) groups is 1. The monoisotopic (exact) mass is 371 g/mol. The van der Waals surface area contributed by atoms with E-state index in [2.05, 4.69) is 10.3 Å². The number of nitro benzene ring substituents is 1. The standard InChI is InChI=1S/C14H11Cl2N3O3S/c1-8(23-14-10(15)3-2-6-17-14)13(20)18-12-5-4-9(19(21)22)7-11(12)16/h2-8H,1H3,(H,18,20). The Morgan fingerprint density at radius 2 is 2.09 bits per heavy atom. The molecular formula is C14H11Cl2N3O3S. The van der Waals surface area contributed by atoms with Crippen LogP contribution in [0.4, 0.5) is 11.4 Å². The first-order valence-corrected chi connectivity index (χ1v) is 8.04. The van der Waals surface area contributed by atoms with Crippen molar-refractivity contribution in [1.82, 2.24) is 4.98 Å². The average Bonchev–Trinajstić information content (AvgIpc) is 2.51. The second-order valence-electron chi connectivity index (χ2n) is 4.46. The van der Waals surface area contributed by atoms with Gasteiger partial charge < -0.3 is 5.32 Å². The number of amides is 1. The van der Waals surface area contributed by atoms with Crippen molar-refractivity contribution in [3.05, 3.63) is 56.7 Å². The smallest absolute Gasteiger partial charge is 0.271 e. The van der Waals surface area contributed by atoms with Gasteiger partial charge in [0.15, 0.2) is 0 Å². The zero-order valence-electron chi connectivity index (χ0n) is 11.8. The summed E-state index contributed by atoms with van der Waals surface area (Å²) in [5.41, 5.74) is 0.164. The van der Waals surface area contributed by atoms with E-state index in [0.29, 0.717) is 15.7 Å². The number of nitrogens with one attached hydrogen (secondary N) is 1. The lowest BCUT2D eigenvalue weighted by Crippen LogP contribution is -2.22. The first-order valence-electron chi connectivity index (χ1n) is 6.40. The van der Waals surface area contributed by atoms with Crippen LogP contribution in [0.1, 0.15) is 6.92 Å². The number of anilines is 1. The van der Waals surface area contributed by atoms with Gasteiger partial charge in [-0.3, -0.25) is 14.9 Å². The van der Waals surface area contributed by atoms with Gasteiger partial charge in [0, 0.05) is 18.3 Å². The van der Waals surface area contributed by atoms with Crippen molar-refractivity contribution in [3.8, 4) is 0 Å². The minimum atomic E-state index is -0.557. The van der Waals surface area contributed by atoms with Gasteiger partial charge in [-0.2, -0.15) is 0 Å². The molecule has 1 atom stereocenters. The van der Waals surface area contributed by atoms with Crippen LogP contribution in [-0.4, -0.2) is 21.1 Å². The summed E-state index contributed by atoms with van der Waals surface area (Å²) >= 11 is 13.2. The van der Waals surface area contributed by atoms with Crippen LogP contribution in [0.3, 0.4) is 0 Å². The molecule has 0 bridgehead atoms. The Morgan fingerprint density at radius 1 is 1.35 bits per heavy atom. The topological polar surface area (TPSA) is 85.1 Å². The highest BCUT2D eigenvalue weighted by atomic mass is 35.5. The summed E-state index contributed by atoms with van der Waals surface area (Å²) in [7, 11) is 0. The van der Waals surface area contributed by atoms with E-state index in [9.17, 15) is 14.9 Å². The molecule has 1 heterocycles. The number of halogens is 2. The van der Waals surface area contributed by atoms with E-state index in [1.54, 1.807) is 25.3 Å². The Morgan fingerprint density at radius 3 is 2.70 bits per heavy atom. The lowest BCUT2D eigenvalue weighted by atomic mass is 10.2. The number of nitro groups is 1. The number of carbonyl (C=O) groups excluding carboxylic acids is 1. The zero-order chi connectivity index (χ0) is 17.0. The molecule has 1 amide bonds. The molecule has 9 heteroatoms. The highest BCUT2D eigenvalue weighted by molar-refractivity contribution is 8.00. The highest BCUT2D eigenvalue weighted by Gasteiger charge is 2.18. The lowest BCUT2D eigenvalue weighted by molar-refractivity contribution is -0.384. The van der Waals surface area contributed by atoms with Crippen molar-refractivity contribution >= 4 is 52.2 Å². The predicted molar refractivity (Wildman–Crippen MR) is 91.3 cm³/mol. The average molecular weight is 372 g/mol. The van der Waals surface area contributed by atoms with Crippen LogP contribution >= 0.6 is 35.0 Å². The van der Waals surface area contributed by atoms with E-state index >= 15 is 0 Å². The molecule has 1 aromatic carbocycles. The van der Waals surface area contributed by atoms with E-state index in [4.69, 9.17) is 23.2 Å². The largest absolute Gasteiger partial charge is 0.324 e. The van der Waals surface area contributed by atoms with Gasteiger partial charge >= 0.3 is 0 Å². The van der Waals surface area contributed by atoms with Crippen LogP contribution in [0, 0.1) is 10.1 Å². The van der Waals surface area contributed by atoms with E-state index < -0.39 is 10.2 Å².